The molecule has 0 spiro atoms. The number of hydrogen-bond acceptors (Lipinski definition) is 4. The number of carbonyl (C=O) groups is 2. The molecule has 0 heterocycles. The van der Waals surface area contributed by atoms with Gasteiger partial charge in [-0.15, -0.1) is 0 Å². The van der Waals surface area contributed by atoms with Gasteiger partial charge < -0.3 is 14.9 Å². The predicted molar refractivity (Wildman–Crippen MR) is 82.8 cm³/mol. The highest BCUT2D eigenvalue weighted by molar-refractivity contribution is 5.66. The van der Waals surface area contributed by atoms with E-state index < -0.39 is 5.97 Å². The summed E-state index contributed by atoms with van der Waals surface area (Å²) in [5, 5.41) is 14.9. The second kappa shape index (κ2) is 30.7. The van der Waals surface area contributed by atoms with Crippen molar-refractivity contribution in [3.63, 3.8) is 0 Å². The zero-order valence-electron chi connectivity index (χ0n) is 14.1. The van der Waals surface area contributed by atoms with Gasteiger partial charge in [0.15, 0.2) is 0 Å². The maximum atomic E-state index is 9.82. The number of unbranched alkanes of at least 4 members (excludes halogenated alkanes) is 3. The van der Waals surface area contributed by atoms with Crippen LogP contribution in [0.1, 0.15) is 73.1 Å². The van der Waals surface area contributed by atoms with Gasteiger partial charge in [0.05, 0.1) is 6.61 Å². The maximum Gasteiger partial charge on any atom is 0.303 e. The van der Waals surface area contributed by atoms with Crippen LogP contribution in [-0.4, -0.2) is 35.9 Å². The van der Waals surface area contributed by atoms with E-state index in [9.17, 15) is 9.59 Å². The van der Waals surface area contributed by atoms with Crippen molar-refractivity contribution in [1.29, 1.82) is 0 Å². The Kier molecular flexibility index (Phi) is 41.9. The Morgan fingerprint density at radius 1 is 0.900 bits per heavy atom. The summed E-state index contributed by atoms with van der Waals surface area (Å²) in [6, 6.07) is 0. The number of carboxylic acids is 1. The lowest BCUT2D eigenvalue weighted by Gasteiger charge is -1.89. The fraction of sp³-hybridized carbons (Fsp3) is 0.867. The number of aliphatic carboxylic acids is 1. The van der Waals surface area contributed by atoms with Gasteiger partial charge >= 0.3 is 11.9 Å². The first kappa shape index (κ1) is 27.3. The highest BCUT2D eigenvalue weighted by Gasteiger charge is 1.87. The van der Waals surface area contributed by atoms with E-state index in [4.69, 9.17) is 10.2 Å². The number of ether oxygens (including phenoxy) is 1. The summed E-state index contributed by atoms with van der Waals surface area (Å²) in [5.74, 6) is -0.921. The zero-order valence-corrected chi connectivity index (χ0v) is 14.1. The SMILES string of the molecule is CCCC(=O)O.CCCCCC.CCOC(C)=O.CO. The number of hydrogen-bond donors (Lipinski definition) is 2. The first-order valence-corrected chi connectivity index (χ1v) is 7.25. The second-order valence-corrected chi connectivity index (χ2v) is 3.78. The Labute approximate surface area is 124 Å². The molecule has 5 heteroatoms. The number of aliphatic hydroxyl groups excluding tert-OH is 1. The summed E-state index contributed by atoms with van der Waals surface area (Å²) < 4.78 is 4.40. The van der Waals surface area contributed by atoms with Gasteiger partial charge in [-0.25, -0.2) is 0 Å². The van der Waals surface area contributed by atoms with Crippen molar-refractivity contribution in [1.82, 2.24) is 0 Å². The first-order valence-electron chi connectivity index (χ1n) is 7.25. The lowest BCUT2D eigenvalue weighted by molar-refractivity contribution is -0.140. The van der Waals surface area contributed by atoms with Crippen LogP contribution in [0, 0.1) is 0 Å². The van der Waals surface area contributed by atoms with Crippen LogP contribution in [0.5, 0.6) is 0 Å². The smallest absolute Gasteiger partial charge is 0.303 e. The molecule has 0 saturated carbocycles. The molecule has 0 rings (SSSR count). The average Bonchev–Trinajstić information content (AvgIpc) is 2.40. The van der Waals surface area contributed by atoms with E-state index in [1.54, 1.807) is 6.92 Å². The summed E-state index contributed by atoms with van der Waals surface area (Å²) in [5.41, 5.74) is 0. The summed E-state index contributed by atoms with van der Waals surface area (Å²) in [4.78, 5) is 19.4. The molecule has 0 amide bonds. The molecule has 0 unspecified atom stereocenters. The number of rotatable bonds is 6. The van der Waals surface area contributed by atoms with Crippen molar-refractivity contribution in [3.05, 3.63) is 0 Å². The fourth-order valence-electron chi connectivity index (χ4n) is 0.917. The minimum atomic E-state index is -0.711. The van der Waals surface area contributed by atoms with Gasteiger partial charge in [-0.1, -0.05) is 46.5 Å². The molecule has 0 saturated heterocycles. The highest BCUT2D eigenvalue weighted by Crippen LogP contribution is 1.95. The molecule has 20 heavy (non-hydrogen) atoms. The van der Waals surface area contributed by atoms with Crippen LogP contribution in [0.25, 0.3) is 0 Å². The Bertz CT molecular complexity index is 161. The van der Waals surface area contributed by atoms with Crippen molar-refractivity contribution in [2.45, 2.75) is 73.1 Å². The molecule has 0 atom stereocenters. The Hall–Kier alpha value is -1.10. The maximum absolute atomic E-state index is 9.82. The minimum absolute atomic E-state index is 0.211. The molecular weight excluding hydrogens is 260 g/mol. The highest BCUT2D eigenvalue weighted by atomic mass is 16.5. The number of carboxylic acid groups (broad SMARTS) is 1. The normalized spacial score (nSPS) is 7.75. The van der Waals surface area contributed by atoms with Crippen molar-refractivity contribution in [3.8, 4) is 0 Å². The minimum Gasteiger partial charge on any atom is -0.481 e. The third-order valence-electron chi connectivity index (χ3n) is 1.77. The van der Waals surface area contributed by atoms with Gasteiger partial charge in [-0.3, -0.25) is 9.59 Å². The molecule has 0 aliphatic carbocycles. The van der Waals surface area contributed by atoms with E-state index in [1.165, 1.54) is 32.6 Å². The van der Waals surface area contributed by atoms with Gasteiger partial charge in [-0.05, 0) is 13.3 Å². The molecule has 0 radical (unpaired) electrons. The average molecular weight is 294 g/mol. The molecule has 0 aromatic rings. The van der Waals surface area contributed by atoms with Gasteiger partial charge in [0.2, 0.25) is 0 Å². The second-order valence-electron chi connectivity index (χ2n) is 3.78. The molecule has 5 nitrogen and oxygen atoms in total. The molecule has 0 aromatic carbocycles. The molecular formula is C15H34O5. The van der Waals surface area contributed by atoms with E-state index >= 15 is 0 Å². The fourth-order valence-corrected chi connectivity index (χ4v) is 0.917. The summed E-state index contributed by atoms with van der Waals surface area (Å²) in [6.07, 6.45) is 6.56. The van der Waals surface area contributed by atoms with E-state index in [-0.39, 0.29) is 5.97 Å². The largest absolute Gasteiger partial charge is 0.481 e. The van der Waals surface area contributed by atoms with Crippen LogP contribution in [0.3, 0.4) is 0 Å². The predicted octanol–water partition coefficient (Wildman–Crippen LogP) is 3.64. The van der Waals surface area contributed by atoms with Crippen molar-refractivity contribution in [2.24, 2.45) is 0 Å². The van der Waals surface area contributed by atoms with Crippen molar-refractivity contribution in [2.75, 3.05) is 13.7 Å². The number of esters is 1. The molecule has 124 valence electrons. The van der Waals surface area contributed by atoms with Crippen molar-refractivity contribution < 1.29 is 24.5 Å². The van der Waals surface area contributed by atoms with Crippen LogP contribution in [0.4, 0.5) is 0 Å². The standard InChI is InChI=1S/C6H14.2C4H8O2.CH4O/c1-3-5-6-4-2;1-3-6-4(2)5;1-2-3-4(5)6;1-2/h3-6H2,1-2H3;3H2,1-2H3;2-3H2,1H3,(H,5,6);2H,1H3. The lowest BCUT2D eigenvalue weighted by atomic mass is 10.2. The third kappa shape index (κ3) is 68.5. The van der Waals surface area contributed by atoms with Gasteiger partial charge in [0.25, 0.3) is 0 Å². The van der Waals surface area contributed by atoms with Crippen LogP contribution >= 0.6 is 0 Å². The number of carbonyl (C=O) groups excluding carboxylic acids is 1. The summed E-state index contributed by atoms with van der Waals surface area (Å²) >= 11 is 0. The van der Waals surface area contributed by atoms with Crippen molar-refractivity contribution >= 4 is 11.9 Å². The van der Waals surface area contributed by atoms with Crippen LogP contribution in [0.15, 0.2) is 0 Å². The van der Waals surface area contributed by atoms with Gasteiger partial charge in [0.1, 0.15) is 0 Å². The van der Waals surface area contributed by atoms with E-state index in [0.717, 1.165) is 13.5 Å². The third-order valence-corrected chi connectivity index (χ3v) is 1.77. The lowest BCUT2D eigenvalue weighted by Crippen LogP contribution is -1.95. The molecule has 0 fully saturated rings. The van der Waals surface area contributed by atoms with Crippen LogP contribution in [0.2, 0.25) is 0 Å². The summed E-state index contributed by atoms with van der Waals surface area (Å²) in [6.45, 7) is 9.96. The van der Waals surface area contributed by atoms with Crippen LogP contribution < -0.4 is 0 Å². The summed E-state index contributed by atoms with van der Waals surface area (Å²) in [7, 11) is 1.00. The van der Waals surface area contributed by atoms with E-state index in [2.05, 4.69) is 18.6 Å². The van der Waals surface area contributed by atoms with E-state index in [0.29, 0.717) is 13.0 Å². The topological polar surface area (TPSA) is 83.8 Å². The molecule has 0 aliphatic rings. The van der Waals surface area contributed by atoms with Crippen LogP contribution in [-0.2, 0) is 14.3 Å². The molecule has 0 aliphatic heterocycles. The molecule has 2 N–H and O–H groups in total. The Balaban J connectivity index is -0.0000000902. The molecule has 0 bridgehead atoms. The quantitative estimate of drug-likeness (QED) is 0.577. The Morgan fingerprint density at radius 3 is 1.35 bits per heavy atom. The molecule has 0 aromatic heterocycles. The first-order chi connectivity index (χ1) is 9.45. The number of aliphatic hydroxyl groups is 1. The Morgan fingerprint density at radius 2 is 1.30 bits per heavy atom. The monoisotopic (exact) mass is 294 g/mol. The van der Waals surface area contributed by atoms with E-state index in [1.807, 2.05) is 6.92 Å². The van der Waals surface area contributed by atoms with Gasteiger partial charge in [-0.2, -0.15) is 0 Å². The zero-order chi connectivity index (χ0) is 16.8. The van der Waals surface area contributed by atoms with Gasteiger partial charge in [0, 0.05) is 20.5 Å².